The summed E-state index contributed by atoms with van der Waals surface area (Å²) in [7, 11) is 0. The third kappa shape index (κ3) is 4.55. The van der Waals surface area contributed by atoms with Crippen LogP contribution in [0, 0.1) is 5.41 Å². The van der Waals surface area contributed by atoms with Crippen molar-refractivity contribution >= 4 is 5.84 Å². The number of nitrogens with zero attached hydrogens (tertiary/aromatic N) is 2. The lowest BCUT2D eigenvalue weighted by Crippen LogP contribution is -2.41. The van der Waals surface area contributed by atoms with Gasteiger partial charge in [-0.3, -0.25) is 10.3 Å². The summed E-state index contributed by atoms with van der Waals surface area (Å²) in [5.74, 6) is 2.32. The van der Waals surface area contributed by atoms with Gasteiger partial charge in [-0.1, -0.05) is 115 Å². The zero-order valence-corrected chi connectivity index (χ0v) is 28.9. The fraction of sp³-hybridized carbons (Fsp3) is 0.106. The maximum atomic E-state index is 9.24. The minimum absolute atomic E-state index is 0.200. The molecule has 3 N–H and O–H groups in total. The maximum Gasteiger partial charge on any atom is 0.154 e. The van der Waals surface area contributed by atoms with E-state index in [-0.39, 0.29) is 5.84 Å². The Morgan fingerprint density at radius 2 is 1.45 bits per heavy atom. The third-order valence-electron chi connectivity index (χ3n) is 11.6. The van der Waals surface area contributed by atoms with Crippen LogP contribution >= 0.6 is 0 Å². The topological polar surface area (TPSA) is 76.3 Å². The summed E-state index contributed by atoms with van der Waals surface area (Å²) < 4.78 is 6.71. The number of hydrogen-bond donors (Lipinski definition) is 3. The Bertz CT molecular complexity index is 2690. The van der Waals surface area contributed by atoms with Crippen molar-refractivity contribution in [2.45, 2.75) is 11.5 Å². The van der Waals surface area contributed by atoms with E-state index in [1.54, 1.807) is 0 Å². The molecule has 3 atom stereocenters. The number of fused-ring (bicyclic) bond motifs is 9. The number of aromatic nitrogens is 1. The van der Waals surface area contributed by atoms with Gasteiger partial charge in [-0.2, -0.15) is 0 Å². The Balaban J connectivity index is 1.02. The Morgan fingerprint density at radius 1 is 0.698 bits per heavy atom. The number of H-pyrrole nitrogens is 1. The molecule has 6 aromatic rings. The van der Waals surface area contributed by atoms with Crippen molar-refractivity contribution in [2.24, 2.45) is 4.99 Å². The van der Waals surface area contributed by atoms with Gasteiger partial charge in [0.25, 0.3) is 0 Å². The highest BCUT2D eigenvalue weighted by Crippen LogP contribution is 2.63. The van der Waals surface area contributed by atoms with Crippen LogP contribution in [0.25, 0.3) is 44.5 Å². The average Bonchev–Trinajstić information content (AvgIpc) is 3.82. The minimum Gasteiger partial charge on any atom is -0.460 e. The molecule has 5 aliphatic rings. The summed E-state index contributed by atoms with van der Waals surface area (Å²) in [5.41, 5.74) is 15.2. The molecule has 11 rings (SSSR count). The van der Waals surface area contributed by atoms with Crippen molar-refractivity contribution in [3.63, 3.8) is 0 Å². The van der Waals surface area contributed by atoms with Gasteiger partial charge in [0.1, 0.15) is 17.0 Å². The van der Waals surface area contributed by atoms with Crippen LogP contribution in [-0.4, -0.2) is 41.4 Å². The molecule has 53 heavy (non-hydrogen) atoms. The third-order valence-corrected chi connectivity index (χ3v) is 11.6. The Morgan fingerprint density at radius 3 is 2.32 bits per heavy atom. The first-order valence-electron chi connectivity index (χ1n) is 18.3. The SMILES string of the molecule is N=C(N=c1[nH]cc(-c2ccccc2)cc1-c1ccccc1)c1cccc(-c2ccc3c(c2)C2(C4=C(C=CNC4)OC4=C2CN2CC42)c2ccccc2-3)c1. The molecule has 0 bridgehead atoms. The summed E-state index contributed by atoms with van der Waals surface area (Å²) >= 11 is 0. The molecule has 0 amide bonds. The molecule has 1 aromatic heterocycles. The fourth-order valence-corrected chi connectivity index (χ4v) is 9.06. The van der Waals surface area contributed by atoms with E-state index in [1.165, 1.54) is 33.4 Å². The minimum atomic E-state index is -0.398. The van der Waals surface area contributed by atoms with Crippen molar-refractivity contribution in [3.8, 4) is 44.5 Å². The average molecular weight is 686 g/mol. The highest BCUT2D eigenvalue weighted by molar-refractivity contribution is 5.98. The summed E-state index contributed by atoms with van der Waals surface area (Å²) in [4.78, 5) is 10.8. The van der Waals surface area contributed by atoms with Crippen LogP contribution in [0.1, 0.15) is 16.7 Å². The normalized spacial score (nSPS) is 21.7. The molecule has 4 aliphatic heterocycles. The smallest absolute Gasteiger partial charge is 0.154 e. The molecule has 0 saturated carbocycles. The molecule has 3 unspecified atom stereocenters. The molecular weight excluding hydrogens is 651 g/mol. The van der Waals surface area contributed by atoms with E-state index < -0.39 is 5.41 Å². The molecule has 5 aromatic carbocycles. The van der Waals surface area contributed by atoms with Crippen LogP contribution in [-0.2, 0) is 10.2 Å². The number of hydrogen-bond acceptors (Lipinski definition) is 4. The monoisotopic (exact) mass is 685 g/mol. The predicted octanol–water partition coefficient (Wildman–Crippen LogP) is 8.56. The fourth-order valence-electron chi connectivity index (χ4n) is 9.06. The van der Waals surface area contributed by atoms with Gasteiger partial charge >= 0.3 is 0 Å². The molecule has 1 fully saturated rings. The lowest BCUT2D eigenvalue weighted by atomic mass is 9.64. The number of dihydropyridines is 1. The van der Waals surface area contributed by atoms with Crippen molar-refractivity contribution in [3.05, 3.63) is 197 Å². The van der Waals surface area contributed by atoms with Gasteiger partial charge in [0, 0.05) is 54.3 Å². The van der Waals surface area contributed by atoms with Crippen molar-refractivity contribution in [2.75, 3.05) is 19.6 Å². The first-order valence-corrected chi connectivity index (χ1v) is 18.3. The second kappa shape index (κ2) is 11.5. The van der Waals surface area contributed by atoms with Gasteiger partial charge in [-0.05, 0) is 74.3 Å². The van der Waals surface area contributed by atoms with Crippen LogP contribution in [0.3, 0.4) is 0 Å². The van der Waals surface area contributed by atoms with Gasteiger partial charge < -0.3 is 15.0 Å². The number of nitrogens with one attached hydrogen (secondary N) is 3. The van der Waals surface area contributed by atoms with E-state index in [9.17, 15) is 5.41 Å². The van der Waals surface area contributed by atoms with Crippen LogP contribution in [0.15, 0.2) is 180 Å². The van der Waals surface area contributed by atoms with E-state index in [0.717, 1.165) is 70.1 Å². The van der Waals surface area contributed by atoms with Gasteiger partial charge in [-0.25, -0.2) is 4.99 Å². The maximum absolute atomic E-state index is 9.24. The number of ether oxygens (including phenoxy) is 1. The Kier molecular flexibility index (Phi) is 6.55. The summed E-state index contributed by atoms with van der Waals surface area (Å²) in [6, 6.07) is 47.2. The predicted molar refractivity (Wildman–Crippen MR) is 210 cm³/mol. The lowest BCUT2D eigenvalue weighted by molar-refractivity contribution is 0.277. The van der Waals surface area contributed by atoms with E-state index >= 15 is 0 Å². The quantitative estimate of drug-likeness (QED) is 0.0989. The highest BCUT2D eigenvalue weighted by Gasteiger charge is 2.60. The van der Waals surface area contributed by atoms with E-state index in [4.69, 9.17) is 9.73 Å². The number of rotatable bonds is 4. The van der Waals surface area contributed by atoms with E-state index in [1.807, 2.05) is 60.9 Å². The van der Waals surface area contributed by atoms with Gasteiger partial charge in [-0.15, -0.1) is 0 Å². The number of allylic oxidation sites excluding steroid dienone is 1. The van der Waals surface area contributed by atoms with E-state index in [2.05, 4.69) is 106 Å². The highest BCUT2D eigenvalue weighted by atomic mass is 16.5. The second-order valence-electron chi connectivity index (χ2n) is 14.4. The number of pyridine rings is 1. The van der Waals surface area contributed by atoms with Gasteiger partial charge in [0.2, 0.25) is 0 Å². The molecule has 0 radical (unpaired) electrons. The Labute approximate surface area is 307 Å². The molecular formula is C47H35N5O. The molecule has 1 spiro atoms. The number of amidine groups is 1. The Hall–Kier alpha value is -6.50. The first-order chi connectivity index (χ1) is 26.2. The van der Waals surface area contributed by atoms with Crippen LogP contribution in [0.4, 0.5) is 0 Å². The zero-order chi connectivity index (χ0) is 35.1. The molecule has 6 nitrogen and oxygen atoms in total. The summed E-state index contributed by atoms with van der Waals surface area (Å²) in [5, 5.41) is 12.8. The molecule has 254 valence electrons. The summed E-state index contributed by atoms with van der Waals surface area (Å²) in [6.07, 6.45) is 6.09. The standard InChI is InChI=1S/C47H35N5O/c48-45(51-46-37(30-12-5-2-6-13-30)23-34(25-50-46)29-10-3-1-4-11-29)33-15-9-14-31(22-33)32-18-19-36-35-16-7-8-17-38(35)47(39(36)24-32)40-26-49-21-20-43(40)53-44-41(47)27-52-28-42(44)52/h1-25,42,49H,26-28H2,(H2,48,50,51). The second-order valence-corrected chi connectivity index (χ2v) is 14.4. The van der Waals surface area contributed by atoms with Crippen molar-refractivity contribution in [1.82, 2.24) is 15.2 Å². The number of aromatic amines is 1. The van der Waals surface area contributed by atoms with E-state index in [0.29, 0.717) is 11.5 Å². The summed E-state index contributed by atoms with van der Waals surface area (Å²) in [6.45, 7) is 2.72. The molecule has 1 saturated heterocycles. The van der Waals surface area contributed by atoms with Gasteiger partial charge in [0.15, 0.2) is 5.84 Å². The van der Waals surface area contributed by atoms with Crippen molar-refractivity contribution < 1.29 is 4.74 Å². The van der Waals surface area contributed by atoms with Crippen LogP contribution < -0.4 is 10.8 Å². The van der Waals surface area contributed by atoms with Crippen molar-refractivity contribution in [1.29, 1.82) is 5.41 Å². The molecule has 6 heteroatoms. The molecule has 5 heterocycles. The van der Waals surface area contributed by atoms with Crippen LogP contribution in [0.2, 0.25) is 0 Å². The van der Waals surface area contributed by atoms with Crippen LogP contribution in [0.5, 0.6) is 0 Å². The number of benzene rings is 5. The zero-order valence-electron chi connectivity index (χ0n) is 28.9. The lowest BCUT2D eigenvalue weighted by Gasteiger charge is -2.42. The van der Waals surface area contributed by atoms with Gasteiger partial charge in [0.05, 0.1) is 11.5 Å². The largest absolute Gasteiger partial charge is 0.460 e. The first kappa shape index (κ1) is 30.2. The molecule has 1 aliphatic carbocycles.